The van der Waals surface area contributed by atoms with E-state index in [9.17, 15) is 14.4 Å². The molecule has 68 heavy (non-hydrogen) atoms. The molecule has 0 aromatic rings. The zero-order chi connectivity index (χ0) is 49.3. The minimum atomic E-state index is -0.779. The Bertz CT molecular complexity index is 1190. The molecule has 0 aliphatic heterocycles. The molecule has 1 atom stereocenters. The monoisotopic (exact) mass is 953 g/mol. The largest absolute Gasteiger partial charge is 0.462 e. The zero-order valence-electron chi connectivity index (χ0n) is 45.4. The number of allylic oxidation sites excluding steroid dienone is 8. The summed E-state index contributed by atoms with van der Waals surface area (Å²) >= 11 is 0. The Morgan fingerprint density at radius 3 is 0.912 bits per heavy atom. The van der Waals surface area contributed by atoms with E-state index < -0.39 is 6.10 Å². The summed E-state index contributed by atoms with van der Waals surface area (Å²) in [5.41, 5.74) is 0. The smallest absolute Gasteiger partial charge is 0.306 e. The van der Waals surface area contributed by atoms with Gasteiger partial charge in [0.05, 0.1) is 0 Å². The van der Waals surface area contributed by atoms with Crippen molar-refractivity contribution in [1.29, 1.82) is 0 Å². The molecule has 0 radical (unpaired) electrons. The van der Waals surface area contributed by atoms with Crippen molar-refractivity contribution in [3.63, 3.8) is 0 Å². The summed E-state index contributed by atoms with van der Waals surface area (Å²) in [7, 11) is 0. The molecular weight excluding hydrogens is 841 g/mol. The van der Waals surface area contributed by atoms with Gasteiger partial charge in [-0.2, -0.15) is 0 Å². The number of unbranched alkanes of at least 4 members (excludes halogenated alkanes) is 35. The van der Waals surface area contributed by atoms with Crippen LogP contribution in [-0.4, -0.2) is 37.2 Å². The predicted molar refractivity (Wildman–Crippen MR) is 293 cm³/mol. The highest BCUT2D eigenvalue weighted by Crippen LogP contribution is 2.17. The summed E-state index contributed by atoms with van der Waals surface area (Å²) in [6.07, 6.45) is 69.6. The topological polar surface area (TPSA) is 78.9 Å². The maximum absolute atomic E-state index is 12.9. The van der Waals surface area contributed by atoms with Crippen LogP contribution in [0.5, 0.6) is 0 Å². The summed E-state index contributed by atoms with van der Waals surface area (Å²) in [6, 6.07) is 0. The quantitative estimate of drug-likeness (QED) is 0.0262. The van der Waals surface area contributed by atoms with Gasteiger partial charge in [0.1, 0.15) is 13.2 Å². The Morgan fingerprint density at radius 1 is 0.309 bits per heavy atom. The lowest BCUT2D eigenvalue weighted by Gasteiger charge is -2.18. The molecule has 0 aromatic carbocycles. The van der Waals surface area contributed by atoms with Gasteiger partial charge in [-0.05, 0) is 77.0 Å². The van der Waals surface area contributed by atoms with Crippen LogP contribution in [0.25, 0.3) is 0 Å². The Hall–Kier alpha value is -2.63. The molecule has 6 nitrogen and oxygen atoms in total. The van der Waals surface area contributed by atoms with E-state index in [0.29, 0.717) is 19.3 Å². The number of hydrogen-bond acceptors (Lipinski definition) is 6. The van der Waals surface area contributed by atoms with Gasteiger partial charge >= 0.3 is 17.9 Å². The zero-order valence-corrected chi connectivity index (χ0v) is 45.4. The molecule has 0 fully saturated rings. The molecule has 0 N–H and O–H groups in total. The SMILES string of the molecule is CC/C=C\C/C=C\C/C=C\CCCCCCCC(=O)OCC(COC(=O)CCCCCCCCCCC/C=C\CCCCCCCC)OC(=O)CCCCCCCCCCCCCCCCCC. The van der Waals surface area contributed by atoms with Gasteiger partial charge in [-0.25, -0.2) is 0 Å². The Kier molecular flexibility index (Phi) is 54.8. The molecule has 0 saturated carbocycles. The third-order valence-electron chi connectivity index (χ3n) is 13.1. The van der Waals surface area contributed by atoms with E-state index in [0.717, 1.165) is 96.3 Å². The van der Waals surface area contributed by atoms with E-state index in [-0.39, 0.29) is 31.1 Å². The molecule has 0 amide bonds. The van der Waals surface area contributed by atoms with Crippen molar-refractivity contribution in [3.05, 3.63) is 48.6 Å². The lowest BCUT2D eigenvalue weighted by molar-refractivity contribution is -0.167. The first-order valence-electron chi connectivity index (χ1n) is 29.6. The minimum absolute atomic E-state index is 0.0766. The molecule has 6 heteroatoms. The van der Waals surface area contributed by atoms with Crippen molar-refractivity contribution < 1.29 is 28.6 Å². The van der Waals surface area contributed by atoms with Crippen molar-refractivity contribution >= 4 is 17.9 Å². The van der Waals surface area contributed by atoms with E-state index >= 15 is 0 Å². The summed E-state index contributed by atoms with van der Waals surface area (Å²) in [4.78, 5) is 38.2. The van der Waals surface area contributed by atoms with Crippen LogP contribution >= 0.6 is 0 Å². The van der Waals surface area contributed by atoms with Crippen LogP contribution in [-0.2, 0) is 28.6 Å². The summed E-state index contributed by atoms with van der Waals surface area (Å²) in [5.74, 6) is -0.879. The van der Waals surface area contributed by atoms with Crippen molar-refractivity contribution in [2.75, 3.05) is 13.2 Å². The van der Waals surface area contributed by atoms with E-state index in [4.69, 9.17) is 14.2 Å². The molecule has 0 saturated heterocycles. The third kappa shape index (κ3) is 54.3. The van der Waals surface area contributed by atoms with Gasteiger partial charge in [0, 0.05) is 19.3 Å². The fraction of sp³-hybridized carbons (Fsp3) is 0.823. The second kappa shape index (κ2) is 57.0. The van der Waals surface area contributed by atoms with Gasteiger partial charge < -0.3 is 14.2 Å². The highest BCUT2D eigenvalue weighted by Gasteiger charge is 2.19. The second-order valence-electron chi connectivity index (χ2n) is 19.9. The van der Waals surface area contributed by atoms with E-state index in [1.165, 1.54) is 173 Å². The molecular formula is C62H112O6. The lowest BCUT2D eigenvalue weighted by Crippen LogP contribution is -2.30. The third-order valence-corrected chi connectivity index (χ3v) is 13.1. The summed E-state index contributed by atoms with van der Waals surface area (Å²) in [6.45, 7) is 6.55. The van der Waals surface area contributed by atoms with Gasteiger partial charge in [0.25, 0.3) is 0 Å². The van der Waals surface area contributed by atoms with Gasteiger partial charge in [0.15, 0.2) is 6.10 Å². The first-order valence-corrected chi connectivity index (χ1v) is 29.6. The highest BCUT2D eigenvalue weighted by molar-refractivity contribution is 5.71. The first-order chi connectivity index (χ1) is 33.5. The van der Waals surface area contributed by atoms with Crippen molar-refractivity contribution in [3.8, 4) is 0 Å². The van der Waals surface area contributed by atoms with E-state index in [2.05, 4.69) is 69.4 Å². The van der Waals surface area contributed by atoms with Crippen LogP contribution in [0.1, 0.15) is 310 Å². The Balaban J connectivity index is 4.35. The van der Waals surface area contributed by atoms with Gasteiger partial charge in [-0.15, -0.1) is 0 Å². The van der Waals surface area contributed by atoms with Crippen LogP contribution in [0.15, 0.2) is 48.6 Å². The second-order valence-corrected chi connectivity index (χ2v) is 19.9. The number of carbonyl (C=O) groups is 3. The van der Waals surface area contributed by atoms with Crippen LogP contribution in [0, 0.1) is 0 Å². The summed E-state index contributed by atoms with van der Waals surface area (Å²) in [5, 5.41) is 0. The number of ether oxygens (including phenoxy) is 3. The van der Waals surface area contributed by atoms with Gasteiger partial charge in [-0.3, -0.25) is 14.4 Å². The Labute approximate surface area is 422 Å². The normalized spacial score (nSPS) is 12.3. The molecule has 0 bridgehead atoms. The number of carbonyl (C=O) groups excluding carboxylic acids is 3. The average Bonchev–Trinajstić information content (AvgIpc) is 3.34. The number of hydrogen-bond donors (Lipinski definition) is 0. The maximum Gasteiger partial charge on any atom is 0.306 e. The van der Waals surface area contributed by atoms with Crippen molar-refractivity contribution in [2.45, 2.75) is 316 Å². The van der Waals surface area contributed by atoms with Crippen LogP contribution in [0.4, 0.5) is 0 Å². The molecule has 0 aliphatic carbocycles. The molecule has 0 rings (SSSR count). The van der Waals surface area contributed by atoms with Crippen molar-refractivity contribution in [2.24, 2.45) is 0 Å². The van der Waals surface area contributed by atoms with Crippen LogP contribution < -0.4 is 0 Å². The summed E-state index contributed by atoms with van der Waals surface area (Å²) < 4.78 is 16.9. The highest BCUT2D eigenvalue weighted by atomic mass is 16.6. The van der Waals surface area contributed by atoms with Crippen LogP contribution in [0.3, 0.4) is 0 Å². The standard InChI is InChI=1S/C62H112O6/c1-4-7-10-13-16-19-22-25-28-30-31-32-35-37-40-43-46-49-52-55-61(64)67-58-59(57-66-60(63)54-51-48-45-42-39-36-33-27-24-21-18-15-12-9-6-3)68-62(65)56-53-50-47-44-41-38-34-29-26-23-20-17-14-11-8-5-2/h9,12,18,21,25,27-28,33,59H,4-8,10-11,13-17,19-20,22-24,26,29-32,34-58H2,1-3H3/b12-9-,21-18-,28-25-,33-27-. The number of rotatable bonds is 54. The Morgan fingerprint density at radius 2 is 0.574 bits per heavy atom. The average molecular weight is 954 g/mol. The molecule has 396 valence electrons. The molecule has 0 spiro atoms. The predicted octanol–water partition coefficient (Wildman–Crippen LogP) is 19.8. The fourth-order valence-corrected chi connectivity index (χ4v) is 8.63. The minimum Gasteiger partial charge on any atom is -0.462 e. The molecule has 1 unspecified atom stereocenters. The molecule has 0 aromatic heterocycles. The van der Waals surface area contributed by atoms with Gasteiger partial charge in [0.2, 0.25) is 0 Å². The number of esters is 3. The van der Waals surface area contributed by atoms with Gasteiger partial charge in [-0.1, -0.05) is 262 Å². The maximum atomic E-state index is 12.9. The fourth-order valence-electron chi connectivity index (χ4n) is 8.63. The first kappa shape index (κ1) is 65.4. The molecule has 0 aliphatic rings. The van der Waals surface area contributed by atoms with Crippen LogP contribution in [0.2, 0.25) is 0 Å². The molecule has 0 heterocycles. The lowest BCUT2D eigenvalue weighted by atomic mass is 10.0. The van der Waals surface area contributed by atoms with E-state index in [1.807, 2.05) is 0 Å². The van der Waals surface area contributed by atoms with Crippen molar-refractivity contribution in [1.82, 2.24) is 0 Å². The van der Waals surface area contributed by atoms with E-state index in [1.54, 1.807) is 0 Å².